The maximum absolute atomic E-state index is 12.7. The van der Waals surface area contributed by atoms with Gasteiger partial charge in [-0.25, -0.2) is 4.98 Å². The van der Waals surface area contributed by atoms with Crippen LogP contribution < -0.4 is 10.3 Å². The number of methoxy groups -OCH3 is 1. The van der Waals surface area contributed by atoms with Crippen LogP contribution in [0, 0.1) is 0 Å². The minimum atomic E-state index is -0.250. The van der Waals surface area contributed by atoms with Crippen LogP contribution >= 0.6 is 15.9 Å². The van der Waals surface area contributed by atoms with E-state index in [9.17, 15) is 9.90 Å². The molecule has 3 aromatic rings. The molecule has 3 rings (SSSR count). The number of rotatable bonds is 4. The highest BCUT2D eigenvalue weighted by Gasteiger charge is 2.10. The van der Waals surface area contributed by atoms with Crippen molar-refractivity contribution < 1.29 is 9.84 Å². The lowest BCUT2D eigenvalue weighted by Crippen LogP contribution is -2.22. The third-order valence-electron chi connectivity index (χ3n) is 3.75. The van der Waals surface area contributed by atoms with Crippen LogP contribution in [0.5, 0.6) is 11.5 Å². The largest absolute Gasteiger partial charge is 0.506 e. The minimum absolute atomic E-state index is 0.0180. The van der Waals surface area contributed by atoms with Gasteiger partial charge < -0.3 is 9.84 Å². The van der Waals surface area contributed by atoms with E-state index in [2.05, 4.69) is 26.0 Å². The van der Waals surface area contributed by atoms with Gasteiger partial charge in [-0.2, -0.15) is 9.78 Å². The van der Waals surface area contributed by atoms with Crippen LogP contribution in [0.25, 0.3) is 10.9 Å². The first kappa shape index (κ1) is 17.2. The summed E-state index contributed by atoms with van der Waals surface area (Å²) in [4.78, 5) is 17.2. The molecule has 128 valence electrons. The fourth-order valence-electron chi connectivity index (χ4n) is 2.45. The molecule has 0 radical (unpaired) electrons. The zero-order valence-electron chi connectivity index (χ0n) is 13.7. The summed E-state index contributed by atoms with van der Waals surface area (Å²) in [6.07, 6.45) is 1.96. The van der Waals surface area contributed by atoms with Gasteiger partial charge in [-0.05, 0) is 40.2 Å². The molecule has 1 N–H and O–H groups in total. The molecule has 0 saturated heterocycles. The molecule has 0 unspecified atom stereocenters. The van der Waals surface area contributed by atoms with Gasteiger partial charge in [0.15, 0.2) is 0 Å². The van der Waals surface area contributed by atoms with Gasteiger partial charge in [-0.1, -0.05) is 19.1 Å². The molecule has 7 heteroatoms. The molecule has 0 aliphatic carbocycles. The molecule has 1 heterocycles. The Labute approximate surface area is 152 Å². The molecule has 6 nitrogen and oxygen atoms in total. The Kier molecular flexibility index (Phi) is 4.85. The van der Waals surface area contributed by atoms with Crippen molar-refractivity contribution in [2.75, 3.05) is 7.11 Å². The number of hydrogen-bond donors (Lipinski definition) is 1. The average molecular weight is 402 g/mol. The topological polar surface area (TPSA) is 76.7 Å². The van der Waals surface area contributed by atoms with E-state index in [1.54, 1.807) is 30.3 Å². The molecule has 0 bridgehead atoms. The molecule has 0 amide bonds. The Hall–Kier alpha value is -2.67. The van der Waals surface area contributed by atoms with Crippen LogP contribution in [-0.4, -0.2) is 28.1 Å². The average Bonchev–Trinajstić information content (AvgIpc) is 2.63. The summed E-state index contributed by atoms with van der Waals surface area (Å²) in [5, 5.41) is 14.9. The molecular weight excluding hydrogens is 386 g/mol. The lowest BCUT2D eigenvalue weighted by atomic mass is 10.2. The van der Waals surface area contributed by atoms with Crippen LogP contribution in [0.3, 0.4) is 0 Å². The van der Waals surface area contributed by atoms with Crippen molar-refractivity contribution in [2.45, 2.75) is 13.3 Å². The number of fused-ring (bicyclic) bond motifs is 1. The van der Waals surface area contributed by atoms with E-state index in [1.165, 1.54) is 18.0 Å². The quantitative estimate of drug-likeness (QED) is 0.680. The van der Waals surface area contributed by atoms with Crippen molar-refractivity contribution >= 4 is 33.0 Å². The highest BCUT2D eigenvalue weighted by Crippen LogP contribution is 2.31. The Bertz CT molecular complexity index is 1030. The zero-order chi connectivity index (χ0) is 18.0. The van der Waals surface area contributed by atoms with Gasteiger partial charge in [0.05, 0.1) is 28.7 Å². The van der Waals surface area contributed by atoms with E-state index in [1.807, 2.05) is 13.0 Å². The molecule has 0 saturated carbocycles. The first-order chi connectivity index (χ1) is 12.0. The number of nitrogens with zero attached hydrogens (tertiary/aromatic N) is 3. The van der Waals surface area contributed by atoms with Gasteiger partial charge in [0.1, 0.15) is 17.3 Å². The number of aromatic nitrogens is 2. The highest BCUT2D eigenvalue weighted by molar-refractivity contribution is 9.10. The van der Waals surface area contributed by atoms with E-state index in [-0.39, 0.29) is 11.3 Å². The number of para-hydroxylation sites is 1. The summed E-state index contributed by atoms with van der Waals surface area (Å²) in [6, 6.07) is 10.4. The number of phenolic OH excluding ortho intramolecular Hbond substituents is 1. The van der Waals surface area contributed by atoms with Crippen LogP contribution in [0.4, 0.5) is 0 Å². The van der Waals surface area contributed by atoms with Gasteiger partial charge in [-0.15, -0.1) is 0 Å². The van der Waals surface area contributed by atoms with Crippen molar-refractivity contribution in [1.82, 2.24) is 9.66 Å². The maximum atomic E-state index is 12.7. The van der Waals surface area contributed by atoms with Gasteiger partial charge in [-0.3, -0.25) is 4.79 Å². The molecule has 0 spiro atoms. The monoisotopic (exact) mass is 401 g/mol. The smallest absolute Gasteiger partial charge is 0.282 e. The van der Waals surface area contributed by atoms with Gasteiger partial charge in [0.25, 0.3) is 5.56 Å². The Balaban J connectivity index is 2.15. The second kappa shape index (κ2) is 7.06. The molecule has 0 fully saturated rings. The zero-order valence-corrected chi connectivity index (χ0v) is 15.3. The second-order valence-electron chi connectivity index (χ2n) is 5.31. The summed E-state index contributed by atoms with van der Waals surface area (Å²) in [5.41, 5.74) is 0.816. The van der Waals surface area contributed by atoms with Crippen molar-refractivity contribution in [1.29, 1.82) is 0 Å². The molecule has 1 aromatic heterocycles. The molecule has 25 heavy (non-hydrogen) atoms. The summed E-state index contributed by atoms with van der Waals surface area (Å²) in [7, 11) is 1.53. The van der Waals surface area contributed by atoms with E-state index < -0.39 is 0 Å². The van der Waals surface area contributed by atoms with Crippen LogP contribution in [-0.2, 0) is 6.42 Å². The van der Waals surface area contributed by atoms with Crippen molar-refractivity contribution in [3.63, 3.8) is 0 Å². The third kappa shape index (κ3) is 3.28. The first-order valence-corrected chi connectivity index (χ1v) is 8.46. The third-order valence-corrected chi connectivity index (χ3v) is 4.36. The summed E-state index contributed by atoms with van der Waals surface area (Å²) < 4.78 is 6.92. The maximum Gasteiger partial charge on any atom is 0.282 e. The Morgan fingerprint density at radius 3 is 2.84 bits per heavy atom. The van der Waals surface area contributed by atoms with Crippen LogP contribution in [0.2, 0.25) is 0 Å². The fraction of sp³-hybridized carbons (Fsp3) is 0.167. The highest BCUT2D eigenvalue weighted by atomic mass is 79.9. The van der Waals surface area contributed by atoms with E-state index in [0.717, 1.165) is 0 Å². The Morgan fingerprint density at radius 1 is 1.36 bits per heavy atom. The van der Waals surface area contributed by atoms with Gasteiger partial charge in [0, 0.05) is 12.0 Å². The second-order valence-corrected chi connectivity index (χ2v) is 6.16. The minimum Gasteiger partial charge on any atom is -0.506 e. The molecular formula is C18H16BrN3O3. The van der Waals surface area contributed by atoms with Gasteiger partial charge >= 0.3 is 0 Å². The summed E-state index contributed by atoms with van der Waals surface area (Å²) >= 11 is 3.27. The lowest BCUT2D eigenvalue weighted by Gasteiger charge is -2.08. The number of hydrogen-bond acceptors (Lipinski definition) is 5. The normalized spacial score (nSPS) is 11.3. The number of halogens is 1. The SMILES string of the molecule is CCc1nc2ccccc2c(=O)n1N=Cc1cc(OC)cc(Br)c1O. The molecule has 0 aliphatic rings. The lowest BCUT2D eigenvalue weighted by molar-refractivity contribution is 0.411. The molecule has 2 aromatic carbocycles. The number of ether oxygens (including phenoxy) is 1. The number of aromatic hydroxyl groups is 1. The fourth-order valence-corrected chi connectivity index (χ4v) is 2.90. The standard InChI is InChI=1S/C18H16BrN3O3/c1-3-16-21-15-7-5-4-6-13(15)18(24)22(16)20-10-11-8-12(25-2)9-14(19)17(11)23/h4-10,23H,3H2,1-2H3. The van der Waals surface area contributed by atoms with Crippen LogP contribution in [0.1, 0.15) is 18.3 Å². The van der Waals surface area contributed by atoms with Crippen LogP contribution in [0.15, 0.2) is 50.8 Å². The Morgan fingerprint density at radius 2 is 2.12 bits per heavy atom. The van der Waals surface area contributed by atoms with Crippen molar-refractivity contribution in [2.24, 2.45) is 5.10 Å². The van der Waals surface area contributed by atoms with Crippen molar-refractivity contribution in [3.05, 3.63) is 62.6 Å². The summed E-state index contributed by atoms with van der Waals surface area (Å²) in [6.45, 7) is 1.90. The molecule has 0 aliphatic heterocycles. The molecule has 0 atom stereocenters. The number of aryl methyl sites for hydroxylation is 1. The number of phenols is 1. The van der Waals surface area contributed by atoms with E-state index in [4.69, 9.17) is 4.74 Å². The first-order valence-electron chi connectivity index (χ1n) is 7.66. The predicted molar refractivity (Wildman–Crippen MR) is 101 cm³/mol. The van der Waals surface area contributed by atoms with Gasteiger partial charge in [0.2, 0.25) is 0 Å². The van der Waals surface area contributed by atoms with E-state index >= 15 is 0 Å². The van der Waals surface area contributed by atoms with Crippen molar-refractivity contribution in [3.8, 4) is 11.5 Å². The number of benzene rings is 2. The summed E-state index contributed by atoms with van der Waals surface area (Å²) in [5.74, 6) is 1.12. The predicted octanol–water partition coefficient (Wildman–Crippen LogP) is 3.32. The van der Waals surface area contributed by atoms with E-state index in [0.29, 0.717) is 38.9 Å².